The van der Waals surface area contributed by atoms with Gasteiger partial charge in [0.15, 0.2) is 17.7 Å². The monoisotopic (exact) mass is 471 g/mol. The number of ketones is 1. The van der Waals surface area contributed by atoms with E-state index in [9.17, 15) is 19.8 Å². The Kier molecular flexibility index (Phi) is 5.35. The molecule has 2 aliphatic carbocycles. The number of carbonyl (C=O) groups excluding carboxylic acids is 2. The Morgan fingerprint density at radius 1 is 1.21 bits per heavy atom. The molecule has 5 aliphatic rings. The van der Waals surface area contributed by atoms with Gasteiger partial charge in [-0.3, -0.25) is 9.59 Å². The summed E-state index contributed by atoms with van der Waals surface area (Å²) in [5.74, 6) is -0.875. The van der Waals surface area contributed by atoms with Gasteiger partial charge in [-0.25, -0.2) is 0 Å². The van der Waals surface area contributed by atoms with Crippen LogP contribution in [0.3, 0.4) is 0 Å². The molecule has 3 N–H and O–H groups in total. The Balaban J connectivity index is 1.66. The van der Waals surface area contributed by atoms with Crippen LogP contribution in [-0.4, -0.2) is 57.6 Å². The number of rotatable bonds is 3. The first-order valence-corrected chi connectivity index (χ1v) is 12.1. The Hall–Kier alpha value is -2.42. The van der Waals surface area contributed by atoms with E-state index in [1.54, 1.807) is 13.0 Å². The van der Waals surface area contributed by atoms with Crippen molar-refractivity contribution >= 4 is 11.7 Å². The van der Waals surface area contributed by atoms with Crippen LogP contribution in [0.5, 0.6) is 0 Å². The van der Waals surface area contributed by atoms with Crippen molar-refractivity contribution in [3.8, 4) is 0 Å². The fourth-order valence-corrected chi connectivity index (χ4v) is 6.50. The van der Waals surface area contributed by atoms with E-state index in [1.165, 1.54) is 6.08 Å². The van der Waals surface area contributed by atoms with Crippen LogP contribution in [0.2, 0.25) is 0 Å². The minimum Gasteiger partial charge on any atom is -0.507 e. The molecular weight excluding hydrogens is 438 g/mol. The van der Waals surface area contributed by atoms with E-state index in [2.05, 4.69) is 5.32 Å². The summed E-state index contributed by atoms with van der Waals surface area (Å²) in [5.41, 5.74) is -0.567. The van der Waals surface area contributed by atoms with Gasteiger partial charge < -0.3 is 29.7 Å². The van der Waals surface area contributed by atoms with Crippen molar-refractivity contribution in [2.24, 2.45) is 11.8 Å². The molecule has 1 amide bonds. The highest BCUT2D eigenvalue weighted by Gasteiger charge is 2.65. The predicted octanol–water partition coefficient (Wildman–Crippen LogP) is 2.74. The van der Waals surface area contributed by atoms with Crippen LogP contribution in [0.25, 0.3) is 0 Å². The van der Waals surface area contributed by atoms with Gasteiger partial charge in [-0.15, -0.1) is 0 Å². The molecular formula is C26H33NO7. The number of amides is 1. The van der Waals surface area contributed by atoms with E-state index >= 15 is 0 Å². The maximum Gasteiger partial charge on any atom is 0.251 e. The summed E-state index contributed by atoms with van der Waals surface area (Å²) < 4.78 is 18.9. The molecule has 1 saturated carbocycles. The number of ether oxygens (including phenoxy) is 3. The molecule has 8 nitrogen and oxygen atoms in total. The second-order valence-corrected chi connectivity index (χ2v) is 10.3. The molecule has 0 radical (unpaired) electrons. The highest BCUT2D eigenvalue weighted by atomic mass is 16.7. The first kappa shape index (κ1) is 23.3. The summed E-state index contributed by atoms with van der Waals surface area (Å²) in [5, 5.41) is 24.3. The lowest BCUT2D eigenvalue weighted by molar-refractivity contribution is -0.233. The second kappa shape index (κ2) is 7.80. The number of allylic oxidation sites excluding steroid dienone is 2. The molecule has 0 aromatic carbocycles. The minimum absolute atomic E-state index is 0.139. The largest absolute Gasteiger partial charge is 0.507 e. The number of hydrogen-bond donors (Lipinski definition) is 3. The molecule has 1 spiro atoms. The summed E-state index contributed by atoms with van der Waals surface area (Å²) in [6.07, 6.45) is 4.40. The molecule has 8 heteroatoms. The fourth-order valence-electron chi connectivity index (χ4n) is 6.50. The van der Waals surface area contributed by atoms with E-state index in [0.717, 1.165) is 5.57 Å². The normalized spacial score (nSPS) is 43.6. The molecule has 1 saturated heterocycles. The Morgan fingerprint density at radius 3 is 2.62 bits per heavy atom. The molecule has 0 aromatic rings. The summed E-state index contributed by atoms with van der Waals surface area (Å²) >= 11 is 0. The molecule has 8 atom stereocenters. The number of aliphatic hydroxyl groups is 2. The van der Waals surface area contributed by atoms with Crippen LogP contribution >= 0.6 is 0 Å². The van der Waals surface area contributed by atoms with E-state index in [4.69, 9.17) is 14.2 Å². The van der Waals surface area contributed by atoms with Gasteiger partial charge in [0.2, 0.25) is 0 Å². The fraction of sp³-hybridized carbons (Fsp3) is 0.615. The zero-order valence-corrected chi connectivity index (χ0v) is 20.3. The minimum atomic E-state index is -1.23. The van der Waals surface area contributed by atoms with Gasteiger partial charge >= 0.3 is 0 Å². The van der Waals surface area contributed by atoms with Crippen LogP contribution in [-0.2, 0) is 23.8 Å². The zero-order chi connectivity index (χ0) is 24.6. The van der Waals surface area contributed by atoms with Crippen LogP contribution in [0.1, 0.15) is 53.9 Å². The maximum atomic E-state index is 13.4. The number of hydrogen-bond acceptors (Lipinski definition) is 7. The van der Waals surface area contributed by atoms with E-state index in [0.29, 0.717) is 30.6 Å². The van der Waals surface area contributed by atoms with Gasteiger partial charge in [-0.1, -0.05) is 19.4 Å². The maximum absolute atomic E-state index is 13.4. The van der Waals surface area contributed by atoms with Crippen molar-refractivity contribution in [3.05, 3.63) is 46.5 Å². The lowest BCUT2D eigenvalue weighted by atomic mass is 9.74. The van der Waals surface area contributed by atoms with E-state index in [-0.39, 0.29) is 35.1 Å². The third kappa shape index (κ3) is 3.08. The molecule has 3 heterocycles. The number of fused-ring (bicyclic) bond motifs is 1. The molecule has 34 heavy (non-hydrogen) atoms. The third-order valence-corrected chi connectivity index (χ3v) is 8.27. The lowest BCUT2D eigenvalue weighted by Gasteiger charge is -2.44. The zero-order valence-electron chi connectivity index (χ0n) is 20.3. The Bertz CT molecular complexity index is 1070. The van der Waals surface area contributed by atoms with Crippen LogP contribution in [0.15, 0.2) is 46.5 Å². The Morgan fingerprint density at radius 2 is 1.94 bits per heavy atom. The predicted molar refractivity (Wildman–Crippen MR) is 122 cm³/mol. The summed E-state index contributed by atoms with van der Waals surface area (Å²) in [6.45, 7) is 9.30. The van der Waals surface area contributed by atoms with Crippen molar-refractivity contribution in [2.45, 2.75) is 89.6 Å². The molecule has 2 bridgehead atoms. The smallest absolute Gasteiger partial charge is 0.251 e. The van der Waals surface area contributed by atoms with Gasteiger partial charge in [0.25, 0.3) is 5.91 Å². The van der Waals surface area contributed by atoms with Crippen molar-refractivity contribution < 1.29 is 34.0 Å². The molecule has 2 fully saturated rings. The average Bonchev–Trinajstić information content (AvgIpc) is 2.95. The molecule has 3 aliphatic heterocycles. The van der Waals surface area contributed by atoms with Crippen molar-refractivity contribution in [2.75, 3.05) is 0 Å². The van der Waals surface area contributed by atoms with Crippen LogP contribution in [0, 0.1) is 11.8 Å². The van der Waals surface area contributed by atoms with Gasteiger partial charge in [0, 0.05) is 18.4 Å². The second-order valence-electron chi connectivity index (χ2n) is 10.3. The van der Waals surface area contributed by atoms with E-state index in [1.807, 2.05) is 33.8 Å². The topological polar surface area (TPSA) is 114 Å². The van der Waals surface area contributed by atoms with Gasteiger partial charge in [0.05, 0.1) is 23.9 Å². The summed E-state index contributed by atoms with van der Waals surface area (Å²) in [7, 11) is 0. The SMILES string of the molecule is CCC12C=C(C)[C@@H]3[C@H](C)[C@H](O[C@H]4CC[C@@H](O)[C@@H](C)O4)C4=CC(=O)C=C(O1)C43NC(=O)C(C)=C2O. The van der Waals surface area contributed by atoms with Crippen molar-refractivity contribution in [1.29, 1.82) is 0 Å². The number of nitrogens with one attached hydrogen (secondary N) is 1. The average molecular weight is 472 g/mol. The third-order valence-electron chi connectivity index (χ3n) is 8.27. The van der Waals surface area contributed by atoms with Gasteiger partial charge in [0.1, 0.15) is 17.1 Å². The van der Waals surface area contributed by atoms with Crippen molar-refractivity contribution in [3.63, 3.8) is 0 Å². The van der Waals surface area contributed by atoms with E-state index < -0.39 is 35.5 Å². The molecule has 5 rings (SSSR count). The summed E-state index contributed by atoms with van der Waals surface area (Å²) in [4.78, 5) is 26.3. The van der Waals surface area contributed by atoms with Gasteiger partial charge in [-0.05, 0) is 57.3 Å². The first-order valence-electron chi connectivity index (χ1n) is 12.1. The summed E-state index contributed by atoms with van der Waals surface area (Å²) in [6, 6.07) is 0. The van der Waals surface area contributed by atoms with Crippen molar-refractivity contribution in [1.82, 2.24) is 5.32 Å². The highest BCUT2D eigenvalue weighted by molar-refractivity contribution is 6.04. The van der Waals surface area contributed by atoms with Gasteiger partial charge in [-0.2, -0.15) is 0 Å². The quantitative estimate of drug-likeness (QED) is 0.542. The lowest BCUT2D eigenvalue weighted by Crippen LogP contribution is -2.58. The molecule has 2 unspecified atom stereocenters. The molecule has 0 aromatic heterocycles. The number of carbonyl (C=O) groups is 2. The Labute approximate surface area is 199 Å². The van der Waals surface area contributed by atoms with Crippen LogP contribution in [0.4, 0.5) is 0 Å². The first-order chi connectivity index (χ1) is 16.0. The molecule has 184 valence electrons. The van der Waals surface area contributed by atoms with Crippen LogP contribution < -0.4 is 5.32 Å². The standard InChI is InChI=1S/C26H33NO7/c1-6-25-11-12(2)21-13(3)22(33-20-8-7-18(29)15(5)32-20)17-9-16(28)10-19(34-25)26(17,21)27-24(31)14(4)23(25)30/h9-11,13,15,18,20-22,29-30H,6-8H2,1-5H3,(H,27,31)/t13-,15+,18+,20-,21+,22-,25?,26?/m0/s1. The number of aliphatic hydroxyl groups excluding tert-OH is 2. The highest BCUT2D eigenvalue weighted by Crippen LogP contribution is 2.58.